The van der Waals surface area contributed by atoms with Gasteiger partial charge in [-0.05, 0) is 48.9 Å². The molecule has 132 valence electrons. The highest BCUT2D eigenvalue weighted by Gasteiger charge is 2.10. The number of rotatable bonds is 6. The molecule has 0 bridgehead atoms. The van der Waals surface area contributed by atoms with E-state index in [0.29, 0.717) is 26.5 Å². The number of ether oxygens (including phenoxy) is 1. The van der Waals surface area contributed by atoms with E-state index in [-0.39, 0.29) is 13.2 Å². The van der Waals surface area contributed by atoms with Crippen LogP contribution in [0.3, 0.4) is 0 Å². The van der Waals surface area contributed by atoms with Crippen LogP contribution in [0.15, 0.2) is 36.4 Å². The lowest BCUT2D eigenvalue weighted by molar-refractivity contribution is -0.125. The summed E-state index contributed by atoms with van der Waals surface area (Å²) in [5.41, 5.74) is 1.19. The van der Waals surface area contributed by atoms with Gasteiger partial charge in [-0.1, -0.05) is 34.8 Å². The van der Waals surface area contributed by atoms with Gasteiger partial charge in [-0.25, -0.2) is 0 Å². The number of aryl methyl sites for hydroxylation is 1. The molecule has 0 aromatic heterocycles. The van der Waals surface area contributed by atoms with Crippen molar-refractivity contribution in [3.05, 3.63) is 57.0 Å². The van der Waals surface area contributed by atoms with Crippen molar-refractivity contribution < 1.29 is 14.3 Å². The SMILES string of the molecule is Cc1cc(Cl)ccc1OCC(=O)NCC(=O)Nc1cc(Cl)ccc1Cl. The Hall–Kier alpha value is -1.95. The van der Waals surface area contributed by atoms with E-state index in [1.165, 1.54) is 6.07 Å². The fourth-order valence-electron chi connectivity index (χ4n) is 1.94. The lowest BCUT2D eigenvalue weighted by atomic mass is 10.2. The molecule has 2 N–H and O–H groups in total. The maximum atomic E-state index is 11.9. The molecule has 5 nitrogen and oxygen atoms in total. The van der Waals surface area contributed by atoms with E-state index in [1.807, 2.05) is 6.92 Å². The molecule has 0 atom stereocenters. The van der Waals surface area contributed by atoms with Gasteiger partial charge in [0, 0.05) is 10.0 Å². The van der Waals surface area contributed by atoms with Crippen molar-refractivity contribution in [2.45, 2.75) is 6.92 Å². The molecule has 0 aliphatic carbocycles. The molecular weight excluding hydrogens is 387 g/mol. The van der Waals surface area contributed by atoms with Gasteiger partial charge in [0.05, 0.1) is 17.3 Å². The number of hydrogen-bond donors (Lipinski definition) is 2. The van der Waals surface area contributed by atoms with Gasteiger partial charge in [0.1, 0.15) is 5.75 Å². The van der Waals surface area contributed by atoms with Crippen molar-refractivity contribution in [1.29, 1.82) is 0 Å². The molecule has 2 amide bonds. The maximum Gasteiger partial charge on any atom is 0.258 e. The van der Waals surface area contributed by atoms with Crippen molar-refractivity contribution in [3.63, 3.8) is 0 Å². The Morgan fingerprint density at radius 2 is 1.68 bits per heavy atom. The highest BCUT2D eigenvalue weighted by atomic mass is 35.5. The Morgan fingerprint density at radius 3 is 2.40 bits per heavy atom. The van der Waals surface area contributed by atoms with Gasteiger partial charge >= 0.3 is 0 Å². The van der Waals surface area contributed by atoms with Crippen LogP contribution in [-0.4, -0.2) is 25.0 Å². The summed E-state index contributed by atoms with van der Waals surface area (Å²) in [5.74, 6) is -0.309. The summed E-state index contributed by atoms with van der Waals surface area (Å²) >= 11 is 17.7. The standard InChI is InChI=1S/C17H15Cl3N2O3/c1-10-6-11(18)3-5-15(10)25-9-17(24)21-8-16(23)22-14-7-12(19)2-4-13(14)20/h2-7H,8-9H2,1H3,(H,21,24)(H,22,23). The van der Waals surface area contributed by atoms with Gasteiger partial charge < -0.3 is 15.4 Å². The minimum atomic E-state index is -0.430. The number of benzene rings is 2. The third-order valence-corrected chi connectivity index (χ3v) is 3.94. The van der Waals surface area contributed by atoms with Crippen LogP contribution in [0.2, 0.25) is 15.1 Å². The van der Waals surface area contributed by atoms with Gasteiger partial charge in [0.15, 0.2) is 6.61 Å². The second-order valence-corrected chi connectivity index (χ2v) is 6.43. The van der Waals surface area contributed by atoms with Gasteiger partial charge in [0.25, 0.3) is 5.91 Å². The first kappa shape index (κ1) is 19.4. The molecule has 0 aliphatic rings. The van der Waals surface area contributed by atoms with E-state index in [0.717, 1.165) is 5.56 Å². The fourth-order valence-corrected chi connectivity index (χ4v) is 2.50. The number of halogens is 3. The highest BCUT2D eigenvalue weighted by molar-refractivity contribution is 6.35. The van der Waals surface area contributed by atoms with Gasteiger partial charge in [-0.15, -0.1) is 0 Å². The van der Waals surface area contributed by atoms with Crippen LogP contribution in [0.25, 0.3) is 0 Å². The lowest BCUT2D eigenvalue weighted by Crippen LogP contribution is -2.35. The maximum absolute atomic E-state index is 11.9. The van der Waals surface area contributed by atoms with Crippen molar-refractivity contribution in [3.8, 4) is 5.75 Å². The van der Waals surface area contributed by atoms with E-state index in [9.17, 15) is 9.59 Å². The molecule has 2 rings (SSSR count). The summed E-state index contributed by atoms with van der Waals surface area (Å²) in [6.07, 6.45) is 0. The molecule has 0 unspecified atom stereocenters. The highest BCUT2D eigenvalue weighted by Crippen LogP contribution is 2.25. The van der Waals surface area contributed by atoms with Crippen LogP contribution in [0, 0.1) is 6.92 Å². The number of amides is 2. The first-order valence-electron chi connectivity index (χ1n) is 7.25. The molecular formula is C17H15Cl3N2O3. The Labute approximate surface area is 160 Å². The van der Waals surface area contributed by atoms with Crippen LogP contribution >= 0.6 is 34.8 Å². The fraction of sp³-hybridized carbons (Fsp3) is 0.176. The third kappa shape index (κ3) is 6.12. The molecule has 0 aliphatic heterocycles. The van der Waals surface area contributed by atoms with Crippen molar-refractivity contribution in [1.82, 2.24) is 5.32 Å². The Balaban J connectivity index is 1.79. The van der Waals surface area contributed by atoms with Gasteiger partial charge in [0.2, 0.25) is 5.91 Å². The molecule has 0 saturated carbocycles. The first-order valence-corrected chi connectivity index (χ1v) is 8.39. The number of nitrogens with one attached hydrogen (secondary N) is 2. The van der Waals surface area contributed by atoms with E-state index in [1.54, 1.807) is 30.3 Å². The predicted octanol–water partition coefficient (Wildman–Crippen LogP) is 4.09. The largest absolute Gasteiger partial charge is 0.484 e. The summed E-state index contributed by atoms with van der Waals surface area (Å²) < 4.78 is 5.40. The summed E-state index contributed by atoms with van der Waals surface area (Å²) in [4.78, 5) is 23.6. The third-order valence-electron chi connectivity index (χ3n) is 3.14. The smallest absolute Gasteiger partial charge is 0.258 e. The van der Waals surface area contributed by atoms with Crippen molar-refractivity contribution in [2.24, 2.45) is 0 Å². The second kappa shape index (κ2) is 8.94. The van der Waals surface area contributed by atoms with Crippen LogP contribution in [0.1, 0.15) is 5.56 Å². The lowest BCUT2D eigenvalue weighted by Gasteiger charge is -2.11. The van der Waals surface area contributed by atoms with E-state index in [2.05, 4.69) is 10.6 Å². The first-order chi connectivity index (χ1) is 11.8. The molecule has 0 spiro atoms. The predicted molar refractivity (Wildman–Crippen MR) is 99.8 cm³/mol. The minimum absolute atomic E-state index is 0.215. The molecule has 0 heterocycles. The Bertz CT molecular complexity index is 797. The Morgan fingerprint density at radius 1 is 1.00 bits per heavy atom. The number of anilines is 1. The second-order valence-electron chi connectivity index (χ2n) is 5.15. The van der Waals surface area contributed by atoms with E-state index in [4.69, 9.17) is 39.5 Å². The number of carbonyl (C=O) groups is 2. The van der Waals surface area contributed by atoms with Gasteiger partial charge in [-0.3, -0.25) is 9.59 Å². The minimum Gasteiger partial charge on any atom is -0.484 e. The summed E-state index contributed by atoms with van der Waals surface area (Å²) in [6.45, 7) is 1.39. The summed E-state index contributed by atoms with van der Waals surface area (Å²) in [5, 5.41) is 6.41. The van der Waals surface area contributed by atoms with E-state index < -0.39 is 11.8 Å². The summed E-state index contributed by atoms with van der Waals surface area (Å²) in [7, 11) is 0. The Kier molecular flexibility index (Phi) is 6.93. The average molecular weight is 402 g/mol. The molecule has 2 aromatic rings. The topological polar surface area (TPSA) is 67.4 Å². The monoisotopic (exact) mass is 400 g/mol. The van der Waals surface area contributed by atoms with Crippen LogP contribution in [0.5, 0.6) is 5.75 Å². The number of hydrogen-bond acceptors (Lipinski definition) is 3. The molecule has 25 heavy (non-hydrogen) atoms. The van der Waals surface area contributed by atoms with Crippen molar-refractivity contribution in [2.75, 3.05) is 18.5 Å². The zero-order valence-electron chi connectivity index (χ0n) is 13.2. The molecule has 8 heteroatoms. The van der Waals surface area contributed by atoms with E-state index >= 15 is 0 Å². The van der Waals surface area contributed by atoms with Crippen LogP contribution in [0.4, 0.5) is 5.69 Å². The molecule has 2 aromatic carbocycles. The molecule has 0 saturated heterocycles. The molecule has 0 radical (unpaired) electrons. The normalized spacial score (nSPS) is 10.2. The summed E-state index contributed by atoms with van der Waals surface area (Å²) in [6, 6.07) is 9.79. The zero-order valence-corrected chi connectivity index (χ0v) is 15.5. The number of carbonyl (C=O) groups excluding carboxylic acids is 2. The quantitative estimate of drug-likeness (QED) is 0.766. The molecule has 0 fully saturated rings. The van der Waals surface area contributed by atoms with Crippen LogP contribution in [-0.2, 0) is 9.59 Å². The average Bonchev–Trinajstić information content (AvgIpc) is 2.55. The van der Waals surface area contributed by atoms with Crippen molar-refractivity contribution >= 4 is 52.3 Å². The van der Waals surface area contributed by atoms with Crippen LogP contribution < -0.4 is 15.4 Å². The van der Waals surface area contributed by atoms with Gasteiger partial charge in [-0.2, -0.15) is 0 Å². The zero-order chi connectivity index (χ0) is 18.4.